The van der Waals surface area contributed by atoms with E-state index in [1.165, 1.54) is 19.6 Å². The van der Waals surface area contributed by atoms with Crippen LogP contribution in [0.1, 0.15) is 36.8 Å². The maximum atomic E-state index is 12.9. The Hall–Kier alpha value is -4.07. The minimum absolute atomic E-state index is 0.274. The van der Waals surface area contributed by atoms with Gasteiger partial charge in [-0.05, 0) is 38.0 Å². The number of nitrogens with zero attached hydrogens (tertiary/aromatic N) is 2. The summed E-state index contributed by atoms with van der Waals surface area (Å²) in [4.78, 5) is 32.9. The van der Waals surface area contributed by atoms with Gasteiger partial charge in [-0.15, -0.1) is 0 Å². The van der Waals surface area contributed by atoms with Crippen molar-refractivity contribution in [2.45, 2.75) is 33.7 Å². The van der Waals surface area contributed by atoms with Crippen molar-refractivity contribution in [3.05, 3.63) is 65.6 Å². The van der Waals surface area contributed by atoms with Crippen LogP contribution in [0.5, 0.6) is 0 Å². The number of fused-ring (bicyclic) bond motifs is 2. The van der Waals surface area contributed by atoms with Crippen molar-refractivity contribution < 1.29 is 14.3 Å². The van der Waals surface area contributed by atoms with Gasteiger partial charge in [0.05, 0.1) is 24.7 Å². The number of carbonyl (C=O) groups excluding carboxylic acids is 2. The monoisotopic (exact) mass is 459 g/mol. The molecular formula is C26H29N5O3. The van der Waals surface area contributed by atoms with E-state index in [-0.39, 0.29) is 11.6 Å². The molecular weight excluding hydrogens is 430 g/mol. The Morgan fingerprint density at radius 1 is 1.21 bits per heavy atom. The molecule has 0 fully saturated rings. The maximum absolute atomic E-state index is 12.9. The van der Waals surface area contributed by atoms with Crippen molar-refractivity contribution in [3.63, 3.8) is 0 Å². The molecule has 8 nitrogen and oxygen atoms in total. The molecule has 34 heavy (non-hydrogen) atoms. The predicted molar refractivity (Wildman–Crippen MR) is 135 cm³/mol. The second kappa shape index (κ2) is 9.82. The quantitative estimate of drug-likeness (QED) is 0.257. The Kier molecular flexibility index (Phi) is 6.67. The molecule has 0 saturated carbocycles. The van der Waals surface area contributed by atoms with E-state index in [1.807, 2.05) is 55.0 Å². The fourth-order valence-corrected chi connectivity index (χ4v) is 4.07. The fourth-order valence-electron chi connectivity index (χ4n) is 4.07. The molecule has 0 unspecified atom stereocenters. The molecule has 0 aliphatic rings. The number of allylic oxidation sites excluding steroid dienone is 1. The van der Waals surface area contributed by atoms with Gasteiger partial charge in [0.2, 0.25) is 5.91 Å². The van der Waals surface area contributed by atoms with E-state index < -0.39 is 5.97 Å². The van der Waals surface area contributed by atoms with Crippen LogP contribution in [0.4, 0.5) is 11.4 Å². The van der Waals surface area contributed by atoms with Gasteiger partial charge in [0, 0.05) is 42.5 Å². The average Bonchev–Trinajstić information content (AvgIpc) is 3.39. The van der Waals surface area contributed by atoms with Crippen LogP contribution < -0.4 is 10.6 Å². The number of benzene rings is 1. The van der Waals surface area contributed by atoms with Gasteiger partial charge < -0.3 is 24.9 Å². The normalized spacial score (nSPS) is 11.7. The molecule has 176 valence electrons. The Balaban J connectivity index is 1.79. The van der Waals surface area contributed by atoms with Gasteiger partial charge in [0.1, 0.15) is 5.65 Å². The molecule has 3 aromatic heterocycles. The molecule has 0 bridgehead atoms. The number of amides is 1. The van der Waals surface area contributed by atoms with Gasteiger partial charge in [-0.1, -0.05) is 29.8 Å². The van der Waals surface area contributed by atoms with Gasteiger partial charge in [0.15, 0.2) is 5.69 Å². The summed E-state index contributed by atoms with van der Waals surface area (Å²) in [6.07, 6.45) is 6.44. The lowest BCUT2D eigenvalue weighted by Crippen LogP contribution is -2.16. The third-order valence-electron chi connectivity index (χ3n) is 5.92. The number of rotatable bonds is 8. The van der Waals surface area contributed by atoms with Crippen LogP contribution in [-0.4, -0.2) is 40.1 Å². The molecule has 1 aromatic carbocycles. The molecule has 0 aliphatic carbocycles. The van der Waals surface area contributed by atoms with E-state index in [4.69, 9.17) is 4.74 Å². The Morgan fingerprint density at radius 3 is 2.74 bits per heavy atom. The van der Waals surface area contributed by atoms with E-state index >= 15 is 0 Å². The number of esters is 1. The first-order valence-electron chi connectivity index (χ1n) is 11.2. The van der Waals surface area contributed by atoms with Crippen LogP contribution in [0.3, 0.4) is 0 Å². The van der Waals surface area contributed by atoms with Gasteiger partial charge in [-0.3, -0.25) is 4.79 Å². The van der Waals surface area contributed by atoms with Crippen LogP contribution in [0.2, 0.25) is 0 Å². The van der Waals surface area contributed by atoms with Crippen LogP contribution in [0.25, 0.3) is 21.9 Å². The van der Waals surface area contributed by atoms with Crippen LogP contribution in [0.15, 0.2) is 54.4 Å². The second-order valence-corrected chi connectivity index (χ2v) is 8.24. The molecule has 0 radical (unpaired) electrons. The standard InChI is InChI=1S/C26H29N5O3/c1-5-16(2)13-27-19-12-21-23(30-17(3)32)24(26(33)34-4)31(25(21)29-15-19)11-10-18-14-28-22-9-7-6-8-20(18)22/h5-9,12,14-15,27-28H,10-11,13H2,1-4H3,(H,30,32)/b16-5+. The number of hydrogen-bond donors (Lipinski definition) is 3. The van der Waals surface area contributed by atoms with E-state index in [0.717, 1.165) is 22.2 Å². The summed E-state index contributed by atoms with van der Waals surface area (Å²) in [7, 11) is 1.34. The van der Waals surface area contributed by atoms with Crippen LogP contribution in [0, 0.1) is 0 Å². The highest BCUT2D eigenvalue weighted by molar-refractivity contribution is 6.11. The van der Waals surface area contributed by atoms with E-state index in [9.17, 15) is 9.59 Å². The van der Waals surface area contributed by atoms with E-state index in [2.05, 4.69) is 26.7 Å². The number of aromatic nitrogens is 3. The number of anilines is 2. The smallest absolute Gasteiger partial charge is 0.356 e. The topological polar surface area (TPSA) is 101 Å². The first kappa shape index (κ1) is 23.1. The molecule has 3 heterocycles. The predicted octanol–water partition coefficient (Wildman–Crippen LogP) is 4.88. The zero-order valence-corrected chi connectivity index (χ0v) is 19.9. The number of para-hydroxylation sites is 1. The number of ether oxygens (including phenoxy) is 1. The average molecular weight is 460 g/mol. The first-order chi connectivity index (χ1) is 16.4. The van der Waals surface area contributed by atoms with Crippen LogP contribution in [-0.2, 0) is 22.5 Å². The van der Waals surface area contributed by atoms with Crippen molar-refractivity contribution in [3.8, 4) is 0 Å². The largest absolute Gasteiger partial charge is 0.464 e. The highest BCUT2D eigenvalue weighted by Gasteiger charge is 2.25. The highest BCUT2D eigenvalue weighted by atomic mass is 16.5. The van der Waals surface area contributed by atoms with Gasteiger partial charge in [0.25, 0.3) is 0 Å². The van der Waals surface area contributed by atoms with E-state index in [0.29, 0.717) is 36.2 Å². The van der Waals surface area contributed by atoms with Crippen LogP contribution >= 0.6 is 0 Å². The SMILES string of the molecule is C/C=C(\C)CNc1cnc2c(c1)c(NC(C)=O)c(C(=O)OC)n2CCc1c[nH]c2ccccc12. The molecule has 0 atom stereocenters. The Labute approximate surface area is 198 Å². The minimum Gasteiger partial charge on any atom is -0.464 e. The first-order valence-corrected chi connectivity index (χ1v) is 11.2. The third kappa shape index (κ3) is 4.52. The van der Waals surface area contributed by atoms with Crippen molar-refractivity contribution in [2.24, 2.45) is 0 Å². The third-order valence-corrected chi connectivity index (χ3v) is 5.92. The molecule has 8 heteroatoms. The lowest BCUT2D eigenvalue weighted by Gasteiger charge is -2.10. The summed E-state index contributed by atoms with van der Waals surface area (Å²) in [5.74, 6) is -0.802. The number of pyridine rings is 1. The van der Waals surface area contributed by atoms with Crippen molar-refractivity contribution in [1.82, 2.24) is 14.5 Å². The number of nitrogens with one attached hydrogen (secondary N) is 3. The number of methoxy groups -OCH3 is 1. The lowest BCUT2D eigenvalue weighted by molar-refractivity contribution is -0.114. The zero-order chi connectivity index (χ0) is 24.2. The number of carbonyl (C=O) groups is 2. The fraction of sp³-hybridized carbons (Fsp3) is 0.269. The van der Waals surface area contributed by atoms with Crippen molar-refractivity contribution in [2.75, 3.05) is 24.3 Å². The molecule has 0 spiro atoms. The lowest BCUT2D eigenvalue weighted by atomic mass is 10.1. The van der Waals surface area contributed by atoms with Gasteiger partial charge in [-0.2, -0.15) is 0 Å². The van der Waals surface area contributed by atoms with Crippen molar-refractivity contribution >= 4 is 45.2 Å². The Morgan fingerprint density at radius 2 is 2.00 bits per heavy atom. The summed E-state index contributed by atoms with van der Waals surface area (Å²) < 4.78 is 6.92. The Bertz CT molecular complexity index is 1400. The van der Waals surface area contributed by atoms with Crippen molar-refractivity contribution in [1.29, 1.82) is 0 Å². The zero-order valence-electron chi connectivity index (χ0n) is 19.9. The molecule has 1 amide bonds. The molecule has 0 aliphatic heterocycles. The minimum atomic E-state index is -0.528. The highest BCUT2D eigenvalue weighted by Crippen LogP contribution is 2.33. The molecule has 4 rings (SSSR count). The maximum Gasteiger partial charge on any atom is 0.356 e. The number of H-pyrrole nitrogens is 1. The molecule has 3 N–H and O–H groups in total. The van der Waals surface area contributed by atoms with E-state index in [1.54, 1.807) is 6.20 Å². The summed E-state index contributed by atoms with van der Waals surface area (Å²) in [6.45, 7) is 6.60. The second-order valence-electron chi connectivity index (χ2n) is 8.24. The number of aryl methyl sites for hydroxylation is 2. The molecule has 4 aromatic rings. The number of aromatic amines is 1. The summed E-state index contributed by atoms with van der Waals surface area (Å²) >= 11 is 0. The van der Waals surface area contributed by atoms with Gasteiger partial charge in [-0.25, -0.2) is 9.78 Å². The summed E-state index contributed by atoms with van der Waals surface area (Å²) in [5.41, 5.74) is 5.48. The summed E-state index contributed by atoms with van der Waals surface area (Å²) in [6, 6.07) is 10.0. The number of hydrogen-bond acceptors (Lipinski definition) is 5. The van der Waals surface area contributed by atoms with Gasteiger partial charge >= 0.3 is 5.97 Å². The molecule has 0 saturated heterocycles. The summed E-state index contributed by atoms with van der Waals surface area (Å²) in [5, 5.41) is 7.99.